The molecular formula is C19H21NO4. The van der Waals surface area contributed by atoms with E-state index in [1.807, 2.05) is 18.2 Å². The second-order valence-corrected chi connectivity index (χ2v) is 7.04. The lowest BCUT2D eigenvalue weighted by atomic mass is 9.77. The molecule has 2 atom stereocenters. The maximum Gasteiger partial charge on any atom is 0.178 e. The van der Waals surface area contributed by atoms with Crippen LogP contribution in [0, 0.1) is 5.21 Å². The molecule has 1 aromatic rings. The van der Waals surface area contributed by atoms with Crippen molar-refractivity contribution in [1.29, 1.82) is 0 Å². The minimum absolute atomic E-state index is 0.0260. The van der Waals surface area contributed by atoms with Gasteiger partial charge in [-0.25, -0.2) is 0 Å². The van der Waals surface area contributed by atoms with Crippen molar-refractivity contribution >= 4 is 5.78 Å². The number of ether oxygens (including phenoxy) is 2. The number of rotatable bonds is 2. The van der Waals surface area contributed by atoms with Gasteiger partial charge in [0.2, 0.25) is 0 Å². The second-order valence-electron chi connectivity index (χ2n) is 7.04. The highest BCUT2D eigenvalue weighted by Gasteiger charge is 2.52. The lowest BCUT2D eigenvalue weighted by molar-refractivity contribution is -0.894. The molecule has 3 aliphatic rings. The Balaban J connectivity index is 2.04. The van der Waals surface area contributed by atoms with Crippen molar-refractivity contribution < 1.29 is 18.9 Å². The normalized spacial score (nSPS) is 29.0. The van der Waals surface area contributed by atoms with E-state index in [0.717, 1.165) is 23.1 Å². The fraction of sp³-hybridized carbons (Fsp3) is 0.421. The number of hydroxylamine groups is 3. The van der Waals surface area contributed by atoms with Gasteiger partial charge in [-0.1, -0.05) is 12.2 Å². The standard InChI is InChI=1S/C19H21NO4/c1-20(22)9-6-12-10-15(23-2)18(24-3)17-16(12)14(20)11-19(17)7-4-13(21)5-8-19/h4-5,7-8,10,14H,6,9,11H2,1-3H3/t14-,20?/m1/s1. The predicted octanol–water partition coefficient (Wildman–Crippen LogP) is 2.58. The Morgan fingerprint density at radius 3 is 2.58 bits per heavy atom. The van der Waals surface area contributed by atoms with Gasteiger partial charge < -0.3 is 19.3 Å². The van der Waals surface area contributed by atoms with Gasteiger partial charge >= 0.3 is 0 Å². The fourth-order valence-corrected chi connectivity index (χ4v) is 4.48. The van der Waals surface area contributed by atoms with Crippen LogP contribution in [0.5, 0.6) is 11.5 Å². The largest absolute Gasteiger partial charge is 0.633 e. The molecule has 1 aromatic carbocycles. The van der Waals surface area contributed by atoms with Crippen LogP contribution < -0.4 is 9.47 Å². The zero-order chi connectivity index (χ0) is 17.1. The van der Waals surface area contributed by atoms with Crippen LogP contribution in [-0.4, -0.2) is 38.2 Å². The summed E-state index contributed by atoms with van der Waals surface area (Å²) in [5.41, 5.74) is 2.76. The monoisotopic (exact) mass is 327 g/mol. The molecule has 0 radical (unpaired) electrons. The van der Waals surface area contributed by atoms with Crippen LogP contribution >= 0.6 is 0 Å². The third kappa shape index (κ3) is 1.91. The third-order valence-corrected chi connectivity index (χ3v) is 5.70. The molecule has 5 heteroatoms. The number of likely N-dealkylation sites (N-methyl/N-ethyl adjacent to an activating group) is 1. The maximum absolute atomic E-state index is 13.1. The van der Waals surface area contributed by atoms with Gasteiger partial charge in [-0.2, -0.15) is 0 Å². The lowest BCUT2D eigenvalue weighted by Gasteiger charge is -2.48. The predicted molar refractivity (Wildman–Crippen MR) is 90.0 cm³/mol. The number of fused-ring (bicyclic) bond motifs is 1. The van der Waals surface area contributed by atoms with Crippen molar-refractivity contribution in [1.82, 2.24) is 0 Å². The van der Waals surface area contributed by atoms with Gasteiger partial charge in [0.15, 0.2) is 17.3 Å². The highest BCUT2D eigenvalue weighted by atomic mass is 16.5. The van der Waals surface area contributed by atoms with Gasteiger partial charge in [0.1, 0.15) is 6.04 Å². The first-order valence-electron chi connectivity index (χ1n) is 8.19. The van der Waals surface area contributed by atoms with Gasteiger partial charge in [-0.3, -0.25) is 4.79 Å². The van der Waals surface area contributed by atoms with Crippen molar-refractivity contribution in [3.05, 3.63) is 52.3 Å². The highest BCUT2D eigenvalue weighted by molar-refractivity contribution is 6.01. The average Bonchev–Trinajstić information content (AvgIpc) is 2.91. The molecule has 126 valence electrons. The van der Waals surface area contributed by atoms with E-state index in [2.05, 4.69) is 0 Å². The molecule has 1 aliphatic heterocycles. The van der Waals surface area contributed by atoms with Gasteiger partial charge in [0.25, 0.3) is 0 Å². The Kier molecular flexibility index (Phi) is 3.18. The van der Waals surface area contributed by atoms with E-state index >= 15 is 0 Å². The maximum atomic E-state index is 13.1. The number of carbonyl (C=O) groups is 1. The summed E-state index contributed by atoms with van der Waals surface area (Å²) in [6.07, 6.45) is 8.41. The van der Waals surface area contributed by atoms with Crippen LogP contribution in [-0.2, 0) is 16.6 Å². The second kappa shape index (κ2) is 4.94. The number of ketones is 1. The van der Waals surface area contributed by atoms with E-state index in [4.69, 9.17) is 9.47 Å². The van der Waals surface area contributed by atoms with Crippen molar-refractivity contribution in [3.63, 3.8) is 0 Å². The van der Waals surface area contributed by atoms with Gasteiger partial charge in [0.05, 0.1) is 27.8 Å². The first-order valence-corrected chi connectivity index (χ1v) is 8.19. The number of hydrogen-bond acceptors (Lipinski definition) is 4. The van der Waals surface area contributed by atoms with E-state index in [1.165, 1.54) is 0 Å². The van der Waals surface area contributed by atoms with E-state index < -0.39 is 5.41 Å². The SMILES string of the molecule is COc1cc2c3c(c1OC)C1(C=CC(=O)C=C1)C[C@H]3[N+](C)([O-])CC2. The molecule has 0 saturated carbocycles. The van der Waals surface area contributed by atoms with Crippen LogP contribution in [0.3, 0.4) is 0 Å². The summed E-state index contributed by atoms with van der Waals surface area (Å²) in [7, 11) is 4.99. The Morgan fingerprint density at radius 1 is 1.25 bits per heavy atom. The zero-order valence-electron chi connectivity index (χ0n) is 14.2. The van der Waals surface area contributed by atoms with Crippen LogP contribution in [0.4, 0.5) is 0 Å². The average molecular weight is 327 g/mol. The third-order valence-electron chi connectivity index (χ3n) is 5.70. The number of carbonyl (C=O) groups excluding carboxylic acids is 1. The highest BCUT2D eigenvalue weighted by Crippen LogP contribution is 2.59. The molecule has 0 aromatic heterocycles. The summed E-state index contributed by atoms with van der Waals surface area (Å²) in [5, 5.41) is 13.1. The molecular weight excluding hydrogens is 306 g/mol. The number of nitrogens with zero attached hydrogens (tertiary/aromatic N) is 1. The van der Waals surface area contributed by atoms with Gasteiger partial charge in [-0.05, 0) is 23.8 Å². The summed E-state index contributed by atoms with van der Waals surface area (Å²) in [4.78, 5) is 11.7. The van der Waals surface area contributed by atoms with Crippen LogP contribution in [0.15, 0.2) is 30.4 Å². The molecule has 1 heterocycles. The molecule has 4 rings (SSSR count). The summed E-state index contributed by atoms with van der Waals surface area (Å²) < 4.78 is 10.9. The van der Waals surface area contributed by atoms with Crippen molar-refractivity contribution in [3.8, 4) is 11.5 Å². The van der Waals surface area contributed by atoms with E-state index in [9.17, 15) is 10.0 Å². The number of benzene rings is 1. The summed E-state index contributed by atoms with van der Waals surface area (Å²) in [5.74, 6) is 1.33. The minimum Gasteiger partial charge on any atom is -0.633 e. The minimum atomic E-state index is -0.475. The van der Waals surface area contributed by atoms with E-state index in [0.29, 0.717) is 24.5 Å². The number of quaternary nitrogens is 1. The molecule has 0 N–H and O–H groups in total. The first-order chi connectivity index (χ1) is 11.4. The Bertz CT molecular complexity index is 775. The Morgan fingerprint density at radius 2 is 1.96 bits per heavy atom. The summed E-state index contributed by atoms with van der Waals surface area (Å²) in [6.45, 7) is 0.551. The van der Waals surface area contributed by atoms with Gasteiger partial charge in [0, 0.05) is 29.4 Å². The lowest BCUT2D eigenvalue weighted by Crippen LogP contribution is -2.45. The molecule has 0 amide bonds. The van der Waals surface area contributed by atoms with Crippen molar-refractivity contribution in [2.45, 2.75) is 24.3 Å². The number of hydrogen-bond donors (Lipinski definition) is 0. The summed E-state index contributed by atoms with van der Waals surface area (Å²) in [6, 6.07) is 1.86. The summed E-state index contributed by atoms with van der Waals surface area (Å²) >= 11 is 0. The molecule has 0 bridgehead atoms. The Labute approximate surface area is 141 Å². The smallest absolute Gasteiger partial charge is 0.178 e. The number of allylic oxidation sites excluding steroid dienone is 4. The molecule has 0 fully saturated rings. The first kappa shape index (κ1) is 15.4. The molecule has 2 aliphatic carbocycles. The van der Waals surface area contributed by atoms with Crippen LogP contribution in [0.1, 0.15) is 29.2 Å². The number of methoxy groups -OCH3 is 2. The Hall–Kier alpha value is -2.11. The molecule has 5 nitrogen and oxygen atoms in total. The van der Waals surface area contributed by atoms with Crippen LogP contribution in [0.25, 0.3) is 0 Å². The van der Waals surface area contributed by atoms with E-state index in [-0.39, 0.29) is 16.5 Å². The molecule has 1 unspecified atom stereocenters. The van der Waals surface area contributed by atoms with Gasteiger partial charge in [-0.15, -0.1) is 0 Å². The van der Waals surface area contributed by atoms with Crippen molar-refractivity contribution in [2.75, 3.05) is 27.8 Å². The van der Waals surface area contributed by atoms with Crippen molar-refractivity contribution in [2.24, 2.45) is 0 Å². The quantitative estimate of drug-likeness (QED) is 0.619. The topological polar surface area (TPSA) is 58.6 Å². The van der Waals surface area contributed by atoms with Crippen LogP contribution in [0.2, 0.25) is 0 Å². The zero-order valence-corrected chi connectivity index (χ0v) is 14.2. The molecule has 24 heavy (non-hydrogen) atoms. The fourth-order valence-electron chi connectivity index (χ4n) is 4.48. The molecule has 1 spiro atoms. The molecule has 0 saturated heterocycles. The van der Waals surface area contributed by atoms with E-state index in [1.54, 1.807) is 33.4 Å².